The van der Waals surface area contributed by atoms with Gasteiger partial charge in [0.15, 0.2) is 0 Å². The van der Waals surface area contributed by atoms with Crippen LogP contribution in [0.4, 0.5) is 0 Å². The number of hydrogen-bond donors (Lipinski definition) is 0. The molecule has 0 nitrogen and oxygen atoms in total. The Hall–Kier alpha value is 0.303. The van der Waals surface area contributed by atoms with Gasteiger partial charge in [0.2, 0.25) is 0 Å². The molecule has 3 rings (SSSR count). The summed E-state index contributed by atoms with van der Waals surface area (Å²) in [6, 6.07) is 0. The van der Waals surface area contributed by atoms with Gasteiger partial charge in [0.1, 0.15) is 0 Å². The van der Waals surface area contributed by atoms with Crippen LogP contribution in [0.2, 0.25) is 11.5 Å². The Morgan fingerprint density at radius 1 is 1.23 bits per heavy atom. The number of hydrogen-bond acceptors (Lipinski definition) is 0. The second kappa shape index (κ2) is 8.76. The van der Waals surface area contributed by atoms with E-state index in [0.29, 0.717) is 5.92 Å². The van der Waals surface area contributed by atoms with Crippen LogP contribution in [0, 0.1) is 5.92 Å². The summed E-state index contributed by atoms with van der Waals surface area (Å²) in [6.07, 6.45) is 14.8. The van der Waals surface area contributed by atoms with Crippen LogP contribution in [0.1, 0.15) is 40.0 Å². The van der Waals surface area contributed by atoms with Crippen molar-refractivity contribution in [2.24, 2.45) is 5.92 Å². The summed E-state index contributed by atoms with van der Waals surface area (Å²) >= 11 is -3.92. The van der Waals surface area contributed by atoms with Crippen LogP contribution in [0.15, 0.2) is 67.1 Å². The molecule has 0 amide bonds. The minimum absolute atomic E-state index is 0.476. The fraction of sp³-hybridized carbons (Fsp3) is 0.409. The molecule has 0 aromatic heterocycles. The fourth-order valence-electron chi connectivity index (χ4n) is 4.46. The van der Waals surface area contributed by atoms with E-state index in [1.165, 1.54) is 36.8 Å². The van der Waals surface area contributed by atoms with Crippen LogP contribution in [-0.4, -0.2) is 18.3 Å². The summed E-state index contributed by atoms with van der Waals surface area (Å²) in [5, 5.41) is 0. The Balaban J connectivity index is 2.33. The van der Waals surface area contributed by atoms with Crippen molar-refractivity contribution in [3.8, 4) is 0 Å². The molecule has 0 spiro atoms. The summed E-state index contributed by atoms with van der Waals surface area (Å²) in [6.45, 7) is 6.93. The zero-order valence-corrected chi connectivity index (χ0v) is 23.5. The molecule has 0 fully saturated rings. The third-order valence-electron chi connectivity index (χ3n) is 5.60. The Bertz CT molecular complexity index is 843. The van der Waals surface area contributed by atoms with Crippen molar-refractivity contribution in [1.82, 2.24) is 0 Å². The Morgan fingerprint density at radius 3 is 2.50 bits per heavy atom. The first-order valence-corrected chi connectivity index (χ1v) is 25.4. The van der Waals surface area contributed by atoms with E-state index >= 15 is 0 Å². The van der Waals surface area contributed by atoms with Gasteiger partial charge in [-0.1, -0.05) is 0 Å². The molecule has 0 aromatic rings. The summed E-state index contributed by atoms with van der Waals surface area (Å²) < 4.78 is 3.03. The molecule has 137 valence electrons. The maximum atomic E-state index is 6.74. The van der Waals surface area contributed by atoms with Crippen LogP contribution in [-0.2, 0) is 19.1 Å². The molecule has 1 atom stereocenters. The molecule has 3 aliphatic rings. The van der Waals surface area contributed by atoms with Crippen molar-refractivity contribution in [1.29, 1.82) is 0 Å². The van der Waals surface area contributed by atoms with Gasteiger partial charge < -0.3 is 0 Å². The molecule has 1 unspecified atom stereocenters. The molecule has 0 bridgehead atoms. The monoisotopic (exact) mass is 615 g/mol. The van der Waals surface area contributed by atoms with Gasteiger partial charge in [0, 0.05) is 0 Å². The van der Waals surface area contributed by atoms with E-state index in [4.69, 9.17) is 17.2 Å². The normalized spacial score (nSPS) is 22.3. The van der Waals surface area contributed by atoms with E-state index in [9.17, 15) is 0 Å². The molecule has 0 aliphatic heterocycles. The molecule has 0 heterocycles. The molecule has 0 saturated carbocycles. The first kappa shape index (κ1) is 21.0. The molecule has 0 aromatic carbocycles. The van der Waals surface area contributed by atoms with Gasteiger partial charge in [0.05, 0.1) is 0 Å². The van der Waals surface area contributed by atoms with E-state index < -0.39 is 33.0 Å². The van der Waals surface area contributed by atoms with Crippen LogP contribution in [0.25, 0.3) is 0 Å². The van der Waals surface area contributed by atoms with Gasteiger partial charge >= 0.3 is 179 Å². The predicted molar refractivity (Wildman–Crippen MR) is 116 cm³/mol. The Labute approximate surface area is 177 Å². The molecule has 0 N–H and O–H groups in total. The zero-order valence-electron chi connectivity index (χ0n) is 16.3. The first-order chi connectivity index (χ1) is 12.4. The standard InChI is InChI=1S/C22H27Ge.2ClH.Hf/c1-6-9-17-14-18-11-8-13-20(23(4)5)16(3)21(18)22(17)19-12-7-10-15(19)2;;;/h7-8,10-11,13,16H,6,9,12H2,1-5H3;2*1H;/q;;;+2/p-2. The number of rotatable bonds is 4. The molecule has 0 saturated heterocycles. The number of halogens is 2. The number of allylic oxidation sites excluding steroid dienone is 12. The summed E-state index contributed by atoms with van der Waals surface area (Å²) in [5.74, 6) is 5.40. The molecule has 26 heavy (non-hydrogen) atoms. The van der Waals surface area contributed by atoms with Crippen LogP contribution < -0.4 is 0 Å². The van der Waals surface area contributed by atoms with Gasteiger partial charge in [0.25, 0.3) is 0 Å². The SMILES string of the molecule is CCCC1=[C]([Hf]([Cl])[Cl])C2=CC=C[C](=[Ge]([CH3])[CH3])C(C)C2=C1C1=C(C)C=CC1. The average Bonchev–Trinajstić information content (AvgIpc) is 3.06. The predicted octanol–water partition coefficient (Wildman–Crippen LogP) is 7.19. The number of fused-ring (bicyclic) bond motifs is 1. The van der Waals surface area contributed by atoms with Crippen molar-refractivity contribution in [3.63, 3.8) is 0 Å². The van der Waals surface area contributed by atoms with Crippen molar-refractivity contribution in [2.45, 2.75) is 51.5 Å². The van der Waals surface area contributed by atoms with E-state index in [-0.39, 0.29) is 0 Å². The topological polar surface area (TPSA) is 0 Å². The molecular weight excluding hydrogens is 586 g/mol. The van der Waals surface area contributed by atoms with Gasteiger partial charge in [-0.3, -0.25) is 0 Å². The minimum atomic E-state index is -2.75. The van der Waals surface area contributed by atoms with Crippen LogP contribution >= 0.6 is 17.2 Å². The van der Waals surface area contributed by atoms with Crippen molar-refractivity contribution < 1.29 is 19.1 Å². The van der Waals surface area contributed by atoms with Crippen LogP contribution in [0.3, 0.4) is 0 Å². The van der Waals surface area contributed by atoms with E-state index in [1.54, 1.807) is 4.35 Å². The Morgan fingerprint density at radius 2 is 1.96 bits per heavy atom. The summed E-state index contributed by atoms with van der Waals surface area (Å²) in [4.78, 5) is 0. The van der Waals surface area contributed by atoms with Gasteiger partial charge in [-0.15, -0.1) is 0 Å². The van der Waals surface area contributed by atoms with Crippen molar-refractivity contribution in [2.75, 3.05) is 0 Å². The molecular formula is C22H27Cl2GeHf. The van der Waals surface area contributed by atoms with Gasteiger partial charge in [-0.05, 0) is 0 Å². The Kier molecular flexibility index (Phi) is 7.08. The quantitative estimate of drug-likeness (QED) is 0.295. The van der Waals surface area contributed by atoms with Gasteiger partial charge in [-0.2, -0.15) is 0 Å². The van der Waals surface area contributed by atoms with Crippen molar-refractivity contribution >= 4 is 35.4 Å². The molecule has 0 radical (unpaired) electrons. The summed E-state index contributed by atoms with van der Waals surface area (Å²) in [5.41, 5.74) is 8.81. The van der Waals surface area contributed by atoms with E-state index in [0.717, 1.165) is 19.3 Å². The first-order valence-electron chi connectivity index (χ1n) is 9.47. The van der Waals surface area contributed by atoms with Crippen LogP contribution in [0.5, 0.6) is 0 Å². The summed E-state index contributed by atoms with van der Waals surface area (Å²) in [7, 11) is 13.5. The molecule has 4 heteroatoms. The van der Waals surface area contributed by atoms with E-state index in [1.807, 2.05) is 0 Å². The second-order valence-electron chi connectivity index (χ2n) is 7.54. The van der Waals surface area contributed by atoms with Gasteiger partial charge in [-0.25, -0.2) is 0 Å². The second-order valence-corrected chi connectivity index (χ2v) is 24.4. The fourth-order valence-corrected chi connectivity index (χ4v) is 14.3. The zero-order chi connectivity index (χ0) is 19.0. The average molecular weight is 613 g/mol. The molecule has 3 aliphatic carbocycles. The van der Waals surface area contributed by atoms with E-state index in [2.05, 4.69) is 62.7 Å². The third kappa shape index (κ3) is 3.75. The van der Waals surface area contributed by atoms with Crippen molar-refractivity contribution in [3.05, 3.63) is 67.1 Å². The third-order valence-corrected chi connectivity index (χ3v) is 15.8. The maximum absolute atomic E-state index is 6.74.